The smallest absolute Gasteiger partial charge is 0.259 e. The monoisotopic (exact) mass is 421 g/mol. The summed E-state index contributed by atoms with van der Waals surface area (Å²) in [5.74, 6) is 1.14. The molecule has 154 valence electrons. The van der Waals surface area contributed by atoms with E-state index in [1.54, 1.807) is 11.3 Å². The van der Waals surface area contributed by atoms with Crippen molar-refractivity contribution in [3.8, 4) is 0 Å². The quantitative estimate of drug-likeness (QED) is 0.518. The minimum Gasteiger partial charge on any atom is -0.350 e. The molecule has 1 aliphatic rings. The van der Waals surface area contributed by atoms with Gasteiger partial charge in [0.05, 0.1) is 17.6 Å². The average molecular weight is 422 g/mol. The first-order valence-electron chi connectivity index (χ1n) is 10.3. The minimum atomic E-state index is -0.0888. The molecule has 2 N–H and O–H groups in total. The predicted octanol–water partition coefficient (Wildman–Crippen LogP) is 3.01. The lowest BCUT2D eigenvalue weighted by Crippen LogP contribution is -2.24. The number of hydrogen-bond acceptors (Lipinski definition) is 5. The molecule has 0 saturated heterocycles. The number of amides is 1. The number of imidazole rings is 1. The van der Waals surface area contributed by atoms with Crippen LogP contribution in [-0.2, 0) is 30.6 Å². The van der Waals surface area contributed by atoms with E-state index in [0.29, 0.717) is 24.7 Å². The van der Waals surface area contributed by atoms with E-state index < -0.39 is 0 Å². The number of thiophene rings is 1. The second kappa shape index (κ2) is 7.68. The van der Waals surface area contributed by atoms with Crippen molar-refractivity contribution in [1.29, 1.82) is 0 Å². The number of nitrogens with one attached hydrogen (secondary N) is 2. The van der Waals surface area contributed by atoms with Crippen LogP contribution in [0.2, 0.25) is 0 Å². The highest BCUT2D eigenvalue weighted by molar-refractivity contribution is 7.18. The summed E-state index contributed by atoms with van der Waals surface area (Å²) in [5, 5.41) is 3.65. The standard InChI is InChI=1S/C22H23N5O2S/c1-13-5-6-15-16(10-13)30-22-20(15)21(29)25-17(26-22)7-8-19(28)23-11-14-12-27-9-3-2-4-18(27)24-14/h2-4,9,12-13H,5-8,10-11H2,1H3,(H,23,28)(H,25,26,29)/t13-/m0/s1. The topological polar surface area (TPSA) is 92.2 Å². The van der Waals surface area contributed by atoms with E-state index in [1.807, 2.05) is 35.0 Å². The lowest BCUT2D eigenvalue weighted by Gasteiger charge is -2.17. The Bertz CT molecular complexity index is 1270. The Hall–Kier alpha value is -3.00. The number of aromatic nitrogens is 4. The first-order valence-corrected chi connectivity index (χ1v) is 11.1. The van der Waals surface area contributed by atoms with Crippen LogP contribution in [0.1, 0.15) is 41.7 Å². The van der Waals surface area contributed by atoms with Crippen LogP contribution in [0.5, 0.6) is 0 Å². The van der Waals surface area contributed by atoms with Gasteiger partial charge in [0, 0.05) is 30.1 Å². The van der Waals surface area contributed by atoms with Gasteiger partial charge >= 0.3 is 0 Å². The second-order valence-corrected chi connectivity index (χ2v) is 9.10. The van der Waals surface area contributed by atoms with Crippen molar-refractivity contribution >= 4 is 33.1 Å². The molecule has 0 spiro atoms. The molecule has 4 heterocycles. The van der Waals surface area contributed by atoms with Gasteiger partial charge in [-0.05, 0) is 42.9 Å². The van der Waals surface area contributed by atoms with Gasteiger partial charge in [-0.2, -0.15) is 0 Å². The summed E-state index contributed by atoms with van der Waals surface area (Å²) in [6, 6.07) is 5.79. The Balaban J connectivity index is 1.24. The number of H-pyrrole nitrogens is 1. The molecule has 5 rings (SSSR count). The lowest BCUT2D eigenvalue weighted by atomic mass is 9.89. The van der Waals surface area contributed by atoms with Gasteiger partial charge in [-0.25, -0.2) is 9.97 Å². The maximum absolute atomic E-state index is 12.7. The van der Waals surface area contributed by atoms with Gasteiger partial charge < -0.3 is 14.7 Å². The summed E-state index contributed by atoms with van der Waals surface area (Å²) in [6.07, 6.45) is 7.59. The number of hydrogen-bond donors (Lipinski definition) is 2. The van der Waals surface area contributed by atoms with E-state index >= 15 is 0 Å². The van der Waals surface area contributed by atoms with Crippen LogP contribution in [0.25, 0.3) is 15.9 Å². The molecular formula is C22H23N5O2S. The van der Waals surface area contributed by atoms with Gasteiger partial charge in [0.1, 0.15) is 16.3 Å². The fraction of sp³-hybridized carbons (Fsp3) is 0.364. The molecule has 8 heteroatoms. The minimum absolute atomic E-state index is 0.0767. The summed E-state index contributed by atoms with van der Waals surface area (Å²) in [7, 11) is 0. The highest BCUT2D eigenvalue weighted by Gasteiger charge is 2.23. The van der Waals surface area contributed by atoms with Crippen molar-refractivity contribution in [2.45, 2.75) is 45.6 Å². The Morgan fingerprint density at radius 3 is 3.13 bits per heavy atom. The molecule has 1 aliphatic carbocycles. The van der Waals surface area contributed by atoms with Crippen LogP contribution in [0.3, 0.4) is 0 Å². The molecule has 4 aromatic heterocycles. The van der Waals surface area contributed by atoms with Crippen molar-refractivity contribution in [1.82, 2.24) is 24.7 Å². The third-order valence-corrected chi connectivity index (χ3v) is 6.83. The van der Waals surface area contributed by atoms with E-state index in [9.17, 15) is 9.59 Å². The van der Waals surface area contributed by atoms with Crippen LogP contribution in [-0.4, -0.2) is 25.3 Å². The first-order chi connectivity index (χ1) is 14.6. The number of fused-ring (bicyclic) bond motifs is 4. The van der Waals surface area contributed by atoms with Crippen molar-refractivity contribution < 1.29 is 4.79 Å². The summed E-state index contributed by atoms with van der Waals surface area (Å²) >= 11 is 1.63. The maximum atomic E-state index is 12.7. The third kappa shape index (κ3) is 3.63. The van der Waals surface area contributed by atoms with E-state index in [-0.39, 0.29) is 17.9 Å². The van der Waals surface area contributed by atoms with E-state index in [4.69, 9.17) is 0 Å². The fourth-order valence-corrected chi connectivity index (χ4v) is 5.50. The van der Waals surface area contributed by atoms with Gasteiger partial charge in [-0.1, -0.05) is 13.0 Å². The molecule has 1 amide bonds. The third-order valence-electron chi connectivity index (χ3n) is 5.68. The molecule has 0 radical (unpaired) electrons. The number of carbonyl (C=O) groups excluding carboxylic acids is 1. The SMILES string of the molecule is C[C@H]1CCc2c(sc3nc(CCC(=O)NCc4cn5ccccc5n4)[nH]c(=O)c23)C1. The zero-order valence-electron chi connectivity index (χ0n) is 16.8. The summed E-state index contributed by atoms with van der Waals surface area (Å²) in [6.45, 7) is 2.63. The van der Waals surface area contributed by atoms with Crippen molar-refractivity contribution in [3.05, 3.63) is 62.9 Å². The Kier molecular flexibility index (Phi) is 4.86. The number of aromatic amines is 1. The van der Waals surface area contributed by atoms with E-state index in [0.717, 1.165) is 40.8 Å². The molecule has 0 bridgehead atoms. The van der Waals surface area contributed by atoms with Gasteiger partial charge in [-0.15, -0.1) is 11.3 Å². The molecule has 7 nitrogen and oxygen atoms in total. The Morgan fingerprint density at radius 2 is 2.27 bits per heavy atom. The number of aryl methyl sites for hydroxylation is 2. The van der Waals surface area contributed by atoms with Crippen molar-refractivity contribution in [3.63, 3.8) is 0 Å². The van der Waals surface area contributed by atoms with Crippen LogP contribution < -0.4 is 10.9 Å². The number of pyridine rings is 1. The molecule has 0 saturated carbocycles. The highest BCUT2D eigenvalue weighted by Crippen LogP contribution is 2.35. The normalized spacial score (nSPS) is 16.1. The average Bonchev–Trinajstić information content (AvgIpc) is 3.31. The van der Waals surface area contributed by atoms with Crippen LogP contribution >= 0.6 is 11.3 Å². The Morgan fingerprint density at radius 1 is 1.37 bits per heavy atom. The fourth-order valence-electron chi connectivity index (χ4n) is 4.09. The Labute approximate surface area is 177 Å². The second-order valence-electron chi connectivity index (χ2n) is 8.02. The van der Waals surface area contributed by atoms with Gasteiger partial charge in [0.25, 0.3) is 5.56 Å². The van der Waals surface area contributed by atoms with Crippen LogP contribution in [0.15, 0.2) is 35.4 Å². The summed E-state index contributed by atoms with van der Waals surface area (Å²) in [4.78, 5) is 39.1. The summed E-state index contributed by atoms with van der Waals surface area (Å²) in [5.41, 5.74) is 2.76. The largest absolute Gasteiger partial charge is 0.350 e. The molecule has 0 fully saturated rings. The van der Waals surface area contributed by atoms with Crippen molar-refractivity contribution in [2.75, 3.05) is 0 Å². The zero-order chi connectivity index (χ0) is 20.7. The zero-order valence-corrected chi connectivity index (χ0v) is 17.6. The molecule has 1 atom stereocenters. The van der Waals surface area contributed by atoms with Crippen LogP contribution in [0.4, 0.5) is 0 Å². The van der Waals surface area contributed by atoms with Gasteiger partial charge in [0.15, 0.2) is 0 Å². The molecular weight excluding hydrogens is 398 g/mol. The number of rotatable bonds is 5. The number of nitrogens with zero attached hydrogens (tertiary/aromatic N) is 3. The lowest BCUT2D eigenvalue weighted by molar-refractivity contribution is -0.121. The van der Waals surface area contributed by atoms with Gasteiger partial charge in [-0.3, -0.25) is 9.59 Å². The maximum Gasteiger partial charge on any atom is 0.259 e. The van der Waals surface area contributed by atoms with E-state index in [1.165, 1.54) is 10.4 Å². The van der Waals surface area contributed by atoms with Crippen LogP contribution in [0, 0.1) is 5.92 Å². The first kappa shape index (κ1) is 19.0. The molecule has 0 aliphatic heterocycles. The molecule has 0 aromatic carbocycles. The van der Waals surface area contributed by atoms with E-state index in [2.05, 4.69) is 27.2 Å². The van der Waals surface area contributed by atoms with Crippen molar-refractivity contribution in [2.24, 2.45) is 5.92 Å². The highest BCUT2D eigenvalue weighted by atomic mass is 32.1. The summed E-state index contributed by atoms with van der Waals surface area (Å²) < 4.78 is 1.92. The molecule has 4 aromatic rings. The molecule has 0 unspecified atom stereocenters. The molecule has 30 heavy (non-hydrogen) atoms. The number of carbonyl (C=O) groups is 1. The van der Waals surface area contributed by atoms with Gasteiger partial charge in [0.2, 0.25) is 5.91 Å². The predicted molar refractivity (Wildman–Crippen MR) is 117 cm³/mol.